The molecule has 1 unspecified atom stereocenters. The fraction of sp³-hybridized carbons (Fsp3) is 0.778. The van der Waals surface area contributed by atoms with E-state index in [1.54, 1.807) is 0 Å². The molecule has 0 radical (unpaired) electrons. The SMILES string of the molecule is C=CC1(C)CCOC1(C)C. The maximum atomic E-state index is 5.58. The van der Waals surface area contributed by atoms with Crippen molar-refractivity contribution in [3.05, 3.63) is 12.7 Å². The molecule has 58 valence electrons. The molecule has 0 aromatic heterocycles. The Kier molecular flexibility index (Phi) is 1.63. The van der Waals surface area contributed by atoms with Gasteiger partial charge < -0.3 is 4.74 Å². The van der Waals surface area contributed by atoms with Gasteiger partial charge in [0.25, 0.3) is 0 Å². The molecule has 0 aliphatic carbocycles. The number of hydrogen-bond donors (Lipinski definition) is 0. The summed E-state index contributed by atoms with van der Waals surface area (Å²) in [7, 11) is 0. The molecular weight excluding hydrogens is 124 g/mol. The van der Waals surface area contributed by atoms with E-state index in [4.69, 9.17) is 4.74 Å². The lowest BCUT2D eigenvalue weighted by Crippen LogP contribution is -2.35. The summed E-state index contributed by atoms with van der Waals surface area (Å²) in [6.07, 6.45) is 3.11. The average molecular weight is 140 g/mol. The predicted octanol–water partition coefficient (Wildman–Crippen LogP) is 2.38. The van der Waals surface area contributed by atoms with Gasteiger partial charge in [-0.25, -0.2) is 0 Å². The molecule has 0 amide bonds. The Morgan fingerprint density at radius 2 is 2.00 bits per heavy atom. The zero-order valence-electron chi connectivity index (χ0n) is 7.11. The predicted molar refractivity (Wildman–Crippen MR) is 43.0 cm³/mol. The second-order valence-corrected chi connectivity index (χ2v) is 3.73. The van der Waals surface area contributed by atoms with E-state index in [1.165, 1.54) is 0 Å². The van der Waals surface area contributed by atoms with E-state index in [-0.39, 0.29) is 11.0 Å². The minimum Gasteiger partial charge on any atom is -0.375 e. The molecule has 0 aromatic rings. The smallest absolute Gasteiger partial charge is 0.0714 e. The molecular formula is C9H16O. The van der Waals surface area contributed by atoms with Gasteiger partial charge in [0.2, 0.25) is 0 Å². The molecule has 0 saturated carbocycles. The summed E-state index contributed by atoms with van der Waals surface area (Å²) >= 11 is 0. The highest BCUT2D eigenvalue weighted by Crippen LogP contribution is 2.43. The molecule has 0 aromatic carbocycles. The molecule has 0 bridgehead atoms. The summed E-state index contributed by atoms with van der Waals surface area (Å²) in [6, 6.07) is 0. The van der Waals surface area contributed by atoms with Crippen LogP contribution in [-0.4, -0.2) is 12.2 Å². The van der Waals surface area contributed by atoms with Crippen LogP contribution >= 0.6 is 0 Å². The minimum atomic E-state index is -0.0191. The van der Waals surface area contributed by atoms with E-state index in [1.807, 2.05) is 6.08 Å². The lowest BCUT2D eigenvalue weighted by molar-refractivity contribution is -0.00757. The highest BCUT2D eigenvalue weighted by molar-refractivity contribution is 5.05. The molecule has 0 spiro atoms. The molecule has 1 rings (SSSR count). The van der Waals surface area contributed by atoms with Crippen LogP contribution in [0, 0.1) is 5.41 Å². The van der Waals surface area contributed by atoms with Gasteiger partial charge >= 0.3 is 0 Å². The van der Waals surface area contributed by atoms with Crippen LogP contribution in [0.4, 0.5) is 0 Å². The fourth-order valence-corrected chi connectivity index (χ4v) is 1.33. The summed E-state index contributed by atoms with van der Waals surface area (Å²) < 4.78 is 5.58. The lowest BCUT2D eigenvalue weighted by Gasteiger charge is -2.33. The monoisotopic (exact) mass is 140 g/mol. The van der Waals surface area contributed by atoms with Crippen molar-refractivity contribution in [3.8, 4) is 0 Å². The maximum absolute atomic E-state index is 5.58. The van der Waals surface area contributed by atoms with Crippen molar-refractivity contribution in [2.24, 2.45) is 5.41 Å². The van der Waals surface area contributed by atoms with Gasteiger partial charge in [-0.1, -0.05) is 13.0 Å². The molecule has 1 heterocycles. The van der Waals surface area contributed by atoms with Gasteiger partial charge in [0.05, 0.1) is 5.60 Å². The van der Waals surface area contributed by atoms with Crippen LogP contribution in [0.15, 0.2) is 12.7 Å². The highest BCUT2D eigenvalue weighted by Gasteiger charge is 2.43. The van der Waals surface area contributed by atoms with E-state index in [0.717, 1.165) is 13.0 Å². The summed E-state index contributed by atoms with van der Waals surface area (Å²) in [5.41, 5.74) is 0.155. The van der Waals surface area contributed by atoms with E-state index in [2.05, 4.69) is 27.4 Å². The molecule has 1 atom stereocenters. The largest absolute Gasteiger partial charge is 0.375 e. The third-order valence-electron chi connectivity index (χ3n) is 2.91. The fourth-order valence-electron chi connectivity index (χ4n) is 1.33. The Morgan fingerprint density at radius 1 is 1.40 bits per heavy atom. The topological polar surface area (TPSA) is 9.23 Å². The summed E-state index contributed by atoms with van der Waals surface area (Å²) in [6.45, 7) is 11.2. The average Bonchev–Trinajstić information content (AvgIpc) is 2.10. The van der Waals surface area contributed by atoms with Crippen LogP contribution in [0.1, 0.15) is 27.2 Å². The summed E-state index contributed by atoms with van der Waals surface area (Å²) in [4.78, 5) is 0. The van der Waals surface area contributed by atoms with Crippen LogP contribution in [0.3, 0.4) is 0 Å². The van der Waals surface area contributed by atoms with E-state index >= 15 is 0 Å². The van der Waals surface area contributed by atoms with Gasteiger partial charge in [-0.05, 0) is 20.3 Å². The minimum absolute atomic E-state index is 0.0191. The number of ether oxygens (including phenoxy) is 1. The second-order valence-electron chi connectivity index (χ2n) is 3.73. The summed E-state index contributed by atoms with van der Waals surface area (Å²) in [5, 5.41) is 0. The van der Waals surface area contributed by atoms with Crippen LogP contribution in [0.5, 0.6) is 0 Å². The maximum Gasteiger partial charge on any atom is 0.0714 e. The second kappa shape index (κ2) is 2.09. The van der Waals surface area contributed by atoms with Crippen molar-refractivity contribution in [3.63, 3.8) is 0 Å². The van der Waals surface area contributed by atoms with Crippen molar-refractivity contribution < 1.29 is 4.74 Å². The highest BCUT2D eigenvalue weighted by atomic mass is 16.5. The first-order valence-corrected chi connectivity index (χ1v) is 3.79. The van der Waals surface area contributed by atoms with Crippen LogP contribution in [0.25, 0.3) is 0 Å². The van der Waals surface area contributed by atoms with Crippen molar-refractivity contribution in [1.29, 1.82) is 0 Å². The quantitative estimate of drug-likeness (QED) is 0.508. The Bertz CT molecular complexity index is 149. The number of rotatable bonds is 1. The lowest BCUT2D eigenvalue weighted by atomic mass is 9.75. The molecule has 0 N–H and O–H groups in total. The normalized spacial score (nSPS) is 37.9. The van der Waals surface area contributed by atoms with Crippen molar-refractivity contribution in [2.45, 2.75) is 32.8 Å². The van der Waals surface area contributed by atoms with Crippen molar-refractivity contribution >= 4 is 0 Å². The van der Waals surface area contributed by atoms with Gasteiger partial charge in [-0.2, -0.15) is 0 Å². The zero-order valence-corrected chi connectivity index (χ0v) is 7.11. The van der Waals surface area contributed by atoms with Gasteiger partial charge in [0.1, 0.15) is 0 Å². The van der Waals surface area contributed by atoms with E-state index in [0.29, 0.717) is 0 Å². The third kappa shape index (κ3) is 0.891. The van der Waals surface area contributed by atoms with Crippen LogP contribution < -0.4 is 0 Å². The first kappa shape index (κ1) is 7.80. The summed E-state index contributed by atoms with van der Waals surface area (Å²) in [5.74, 6) is 0. The van der Waals surface area contributed by atoms with Crippen LogP contribution in [-0.2, 0) is 4.74 Å². The van der Waals surface area contributed by atoms with Gasteiger partial charge in [-0.15, -0.1) is 6.58 Å². The van der Waals surface area contributed by atoms with Crippen molar-refractivity contribution in [2.75, 3.05) is 6.61 Å². The first-order valence-electron chi connectivity index (χ1n) is 3.79. The zero-order chi connectivity index (χ0) is 7.83. The Labute approximate surface area is 63.1 Å². The molecule has 1 heteroatoms. The molecule has 1 fully saturated rings. The molecule has 10 heavy (non-hydrogen) atoms. The molecule has 1 saturated heterocycles. The Morgan fingerprint density at radius 3 is 2.20 bits per heavy atom. The van der Waals surface area contributed by atoms with E-state index in [9.17, 15) is 0 Å². The third-order valence-corrected chi connectivity index (χ3v) is 2.91. The standard InChI is InChI=1S/C9H16O/c1-5-9(4)6-7-10-8(9,2)3/h5H,1,6-7H2,2-4H3. The Balaban J connectivity index is 2.85. The number of hydrogen-bond acceptors (Lipinski definition) is 1. The first-order chi connectivity index (χ1) is 4.52. The van der Waals surface area contributed by atoms with Crippen molar-refractivity contribution in [1.82, 2.24) is 0 Å². The molecule has 1 aliphatic rings. The van der Waals surface area contributed by atoms with Crippen LogP contribution in [0.2, 0.25) is 0 Å². The van der Waals surface area contributed by atoms with E-state index < -0.39 is 0 Å². The molecule has 1 nitrogen and oxygen atoms in total. The Hall–Kier alpha value is -0.300. The van der Waals surface area contributed by atoms with Gasteiger partial charge in [0, 0.05) is 12.0 Å². The van der Waals surface area contributed by atoms with Gasteiger partial charge in [-0.3, -0.25) is 0 Å². The molecule has 1 aliphatic heterocycles. The van der Waals surface area contributed by atoms with Gasteiger partial charge in [0.15, 0.2) is 0 Å².